The number of ether oxygens (including phenoxy) is 2. The van der Waals surface area contributed by atoms with Gasteiger partial charge in [-0.1, -0.05) is 0 Å². The van der Waals surface area contributed by atoms with Crippen LogP contribution in [0, 0.1) is 0 Å². The van der Waals surface area contributed by atoms with Crippen molar-refractivity contribution in [3.8, 4) is 33.3 Å². The number of aromatic nitrogens is 1. The second-order valence-corrected chi connectivity index (χ2v) is 7.11. The molecule has 3 aromatic rings. The van der Waals surface area contributed by atoms with Crippen molar-refractivity contribution in [2.75, 3.05) is 34.4 Å². The topological polar surface area (TPSA) is 55.4 Å². The summed E-state index contributed by atoms with van der Waals surface area (Å²) in [6.07, 6.45) is 0. The summed E-state index contributed by atoms with van der Waals surface area (Å²) in [4.78, 5) is 6.17. The van der Waals surface area contributed by atoms with E-state index in [4.69, 9.17) is 14.5 Å². The third kappa shape index (κ3) is 5.45. The number of hydrogen-bond acceptors (Lipinski definition) is 6. The fourth-order valence-corrected chi connectivity index (χ4v) is 3.78. The molecule has 0 atom stereocenters. The van der Waals surface area contributed by atoms with E-state index in [-0.39, 0.29) is 12.4 Å². The molecular formula is C21H26ClN3O2S. The third-order valence-corrected chi connectivity index (χ3v) is 5.34. The summed E-state index contributed by atoms with van der Waals surface area (Å²) in [5.74, 6) is 1.69. The summed E-state index contributed by atoms with van der Waals surface area (Å²) in [6.45, 7) is 2.63. The Hall–Kier alpha value is -2.12. The van der Waals surface area contributed by atoms with Crippen LogP contribution in [-0.2, 0) is 6.54 Å². The van der Waals surface area contributed by atoms with Crippen LogP contribution in [-0.4, -0.2) is 39.3 Å². The number of likely N-dealkylation sites (N-methyl/N-ethyl adjacent to an activating group) is 1. The summed E-state index contributed by atoms with van der Waals surface area (Å²) in [5.41, 5.74) is 3.21. The number of methoxy groups -OCH3 is 2. The quantitative estimate of drug-likeness (QED) is 0.508. The van der Waals surface area contributed by atoms with Crippen LogP contribution in [0.1, 0.15) is 4.88 Å². The minimum absolute atomic E-state index is 0. The monoisotopic (exact) mass is 419 g/mol. The van der Waals surface area contributed by atoms with Crippen LogP contribution < -0.4 is 20.1 Å². The highest BCUT2D eigenvalue weighted by Gasteiger charge is 2.14. The van der Waals surface area contributed by atoms with Gasteiger partial charge in [0.2, 0.25) is 0 Å². The fraction of sp³-hybridized carbons (Fsp3) is 0.286. The van der Waals surface area contributed by atoms with Gasteiger partial charge in [-0.3, -0.25) is 0 Å². The molecule has 0 unspecified atom stereocenters. The first-order chi connectivity index (χ1) is 13.2. The maximum atomic E-state index is 5.27. The maximum absolute atomic E-state index is 5.27. The Bertz CT molecular complexity index is 851. The van der Waals surface area contributed by atoms with Crippen molar-refractivity contribution < 1.29 is 9.47 Å². The molecule has 0 aliphatic carbocycles. The molecule has 0 saturated heterocycles. The van der Waals surface area contributed by atoms with Gasteiger partial charge < -0.3 is 20.1 Å². The molecule has 150 valence electrons. The predicted octanol–water partition coefficient (Wildman–Crippen LogP) is 4.23. The lowest BCUT2D eigenvalue weighted by atomic mass is 10.1. The van der Waals surface area contributed by atoms with Crippen LogP contribution in [0.5, 0.6) is 11.5 Å². The summed E-state index contributed by atoms with van der Waals surface area (Å²) in [7, 11) is 5.31. The molecule has 0 saturated carbocycles. The van der Waals surface area contributed by atoms with Gasteiger partial charge in [0, 0.05) is 35.6 Å². The van der Waals surface area contributed by atoms with Gasteiger partial charge in [-0.05, 0) is 55.6 Å². The number of halogens is 1. The molecule has 0 fully saturated rings. The second kappa shape index (κ2) is 11.0. The van der Waals surface area contributed by atoms with Crippen LogP contribution in [0.25, 0.3) is 21.8 Å². The zero-order chi connectivity index (χ0) is 19.1. The normalized spacial score (nSPS) is 10.4. The van der Waals surface area contributed by atoms with Crippen molar-refractivity contribution in [2.45, 2.75) is 6.54 Å². The standard InChI is InChI=1S/C21H25N3O2S.ClH/c1-22-12-13-23-14-19-20(15-4-8-17(25-2)9-5-15)24-21(27-19)16-6-10-18(26-3)11-7-16;/h4-11,22-23H,12-14H2,1-3H3;1H. The zero-order valence-corrected chi connectivity index (χ0v) is 18.0. The molecule has 0 amide bonds. The van der Waals surface area contributed by atoms with Crippen LogP contribution in [0.15, 0.2) is 48.5 Å². The van der Waals surface area contributed by atoms with Crippen LogP contribution in [0.2, 0.25) is 0 Å². The molecule has 2 N–H and O–H groups in total. The van der Waals surface area contributed by atoms with E-state index in [9.17, 15) is 0 Å². The minimum atomic E-state index is 0. The van der Waals surface area contributed by atoms with Gasteiger partial charge in [-0.25, -0.2) is 4.98 Å². The number of thiazole rings is 1. The summed E-state index contributed by atoms with van der Waals surface area (Å²) < 4.78 is 10.5. The zero-order valence-electron chi connectivity index (χ0n) is 16.3. The molecule has 0 radical (unpaired) electrons. The Morgan fingerprint density at radius 1 is 0.857 bits per heavy atom. The van der Waals surface area contributed by atoms with E-state index in [0.29, 0.717) is 0 Å². The predicted molar refractivity (Wildman–Crippen MR) is 119 cm³/mol. The van der Waals surface area contributed by atoms with E-state index >= 15 is 0 Å². The molecule has 0 aliphatic rings. The SMILES string of the molecule is CNCCNCc1sc(-c2ccc(OC)cc2)nc1-c1ccc(OC)cc1.Cl. The Kier molecular flexibility index (Phi) is 8.73. The summed E-state index contributed by atoms with van der Waals surface area (Å²) in [5, 5.41) is 7.64. The molecule has 0 aliphatic heterocycles. The lowest BCUT2D eigenvalue weighted by Crippen LogP contribution is -2.24. The first-order valence-electron chi connectivity index (χ1n) is 8.89. The van der Waals surface area contributed by atoms with Crippen LogP contribution in [0.4, 0.5) is 0 Å². The summed E-state index contributed by atoms with van der Waals surface area (Å²) in [6, 6.07) is 16.1. The van der Waals surface area contributed by atoms with Crippen molar-refractivity contribution in [3.05, 3.63) is 53.4 Å². The van der Waals surface area contributed by atoms with E-state index in [1.807, 2.05) is 43.4 Å². The van der Waals surface area contributed by atoms with E-state index < -0.39 is 0 Å². The molecule has 0 spiro atoms. The molecule has 7 heteroatoms. The van der Waals surface area contributed by atoms with E-state index in [1.54, 1.807) is 25.6 Å². The van der Waals surface area contributed by atoms with Crippen molar-refractivity contribution in [2.24, 2.45) is 0 Å². The van der Waals surface area contributed by atoms with Crippen molar-refractivity contribution >= 4 is 23.7 Å². The number of nitrogens with one attached hydrogen (secondary N) is 2. The Labute approximate surface area is 176 Å². The molecule has 3 rings (SSSR count). The highest BCUT2D eigenvalue weighted by Crippen LogP contribution is 2.35. The maximum Gasteiger partial charge on any atom is 0.124 e. The van der Waals surface area contributed by atoms with Gasteiger partial charge in [0.15, 0.2) is 0 Å². The van der Waals surface area contributed by atoms with Crippen LogP contribution >= 0.6 is 23.7 Å². The first kappa shape index (κ1) is 22.2. The highest BCUT2D eigenvalue weighted by atomic mass is 35.5. The third-order valence-electron chi connectivity index (χ3n) is 4.24. The molecule has 0 bridgehead atoms. The molecule has 5 nitrogen and oxygen atoms in total. The Morgan fingerprint density at radius 3 is 1.96 bits per heavy atom. The van der Waals surface area contributed by atoms with Crippen molar-refractivity contribution in [1.29, 1.82) is 0 Å². The second-order valence-electron chi connectivity index (χ2n) is 6.03. The molecular weight excluding hydrogens is 394 g/mol. The lowest BCUT2D eigenvalue weighted by Gasteiger charge is -2.06. The van der Waals surface area contributed by atoms with Gasteiger partial charge in [-0.2, -0.15) is 0 Å². The Balaban J connectivity index is 0.00000280. The molecule has 2 aromatic carbocycles. The largest absolute Gasteiger partial charge is 0.497 e. The molecule has 28 heavy (non-hydrogen) atoms. The molecule has 1 heterocycles. The number of benzene rings is 2. The lowest BCUT2D eigenvalue weighted by molar-refractivity contribution is 0.415. The van der Waals surface area contributed by atoms with Gasteiger partial charge in [0.05, 0.1) is 19.9 Å². The van der Waals surface area contributed by atoms with Gasteiger partial charge in [-0.15, -0.1) is 23.7 Å². The van der Waals surface area contributed by atoms with E-state index in [2.05, 4.69) is 22.8 Å². The fourth-order valence-electron chi connectivity index (χ4n) is 2.72. The minimum Gasteiger partial charge on any atom is -0.497 e. The van der Waals surface area contributed by atoms with Gasteiger partial charge in [0.25, 0.3) is 0 Å². The highest BCUT2D eigenvalue weighted by molar-refractivity contribution is 7.15. The van der Waals surface area contributed by atoms with Gasteiger partial charge >= 0.3 is 0 Å². The average Bonchev–Trinajstić information content (AvgIpc) is 3.15. The van der Waals surface area contributed by atoms with E-state index in [0.717, 1.165) is 53.0 Å². The van der Waals surface area contributed by atoms with Crippen LogP contribution in [0.3, 0.4) is 0 Å². The summed E-state index contributed by atoms with van der Waals surface area (Å²) >= 11 is 1.72. The number of nitrogens with zero attached hydrogens (tertiary/aromatic N) is 1. The first-order valence-corrected chi connectivity index (χ1v) is 9.70. The number of hydrogen-bond donors (Lipinski definition) is 2. The van der Waals surface area contributed by atoms with E-state index in [1.165, 1.54) is 4.88 Å². The average molecular weight is 420 g/mol. The molecule has 1 aromatic heterocycles. The number of rotatable bonds is 9. The van der Waals surface area contributed by atoms with Crippen molar-refractivity contribution in [1.82, 2.24) is 15.6 Å². The Morgan fingerprint density at radius 2 is 1.43 bits per heavy atom. The smallest absolute Gasteiger partial charge is 0.124 e. The van der Waals surface area contributed by atoms with Crippen molar-refractivity contribution in [3.63, 3.8) is 0 Å². The van der Waals surface area contributed by atoms with Gasteiger partial charge in [0.1, 0.15) is 16.5 Å².